The first-order valence-corrected chi connectivity index (χ1v) is 6.98. The molecule has 1 aliphatic carbocycles. The lowest BCUT2D eigenvalue weighted by Gasteiger charge is -2.32. The third kappa shape index (κ3) is 3.02. The fourth-order valence-electron chi connectivity index (χ4n) is 3.02. The number of allylic oxidation sites excluding steroid dienone is 4. The number of hydrogen-bond donors (Lipinski definition) is 0. The van der Waals surface area contributed by atoms with Crippen LogP contribution < -0.4 is 0 Å². The average molecular weight is 231 g/mol. The van der Waals surface area contributed by atoms with Gasteiger partial charge in [0, 0.05) is 12.2 Å². The molecule has 2 rings (SSSR count). The minimum atomic E-state index is 0.645. The molecule has 0 N–H and O–H groups in total. The second kappa shape index (κ2) is 5.57. The highest BCUT2D eigenvalue weighted by Crippen LogP contribution is 2.32. The van der Waals surface area contributed by atoms with Crippen molar-refractivity contribution < 1.29 is 0 Å². The summed E-state index contributed by atoms with van der Waals surface area (Å²) >= 11 is 0. The molecule has 0 radical (unpaired) electrons. The molecule has 0 spiro atoms. The van der Waals surface area contributed by atoms with Crippen LogP contribution in [0.3, 0.4) is 0 Å². The van der Waals surface area contributed by atoms with Gasteiger partial charge in [-0.15, -0.1) is 0 Å². The molecule has 0 aromatic carbocycles. The second-order valence-corrected chi connectivity index (χ2v) is 5.72. The molecule has 1 aliphatic heterocycles. The van der Waals surface area contributed by atoms with Gasteiger partial charge in [-0.2, -0.15) is 0 Å². The van der Waals surface area contributed by atoms with Gasteiger partial charge in [0.1, 0.15) is 0 Å². The molecule has 17 heavy (non-hydrogen) atoms. The number of rotatable bonds is 4. The highest BCUT2D eigenvalue weighted by molar-refractivity contribution is 5.25. The predicted octanol–water partition coefficient (Wildman–Crippen LogP) is 4.29. The van der Waals surface area contributed by atoms with Gasteiger partial charge < -0.3 is 4.90 Å². The molecule has 1 unspecified atom stereocenters. The van der Waals surface area contributed by atoms with E-state index in [9.17, 15) is 0 Å². The van der Waals surface area contributed by atoms with Gasteiger partial charge in [0.05, 0.1) is 6.04 Å². The summed E-state index contributed by atoms with van der Waals surface area (Å²) in [5.41, 5.74) is 2.97. The Labute approximate surface area is 106 Å². The van der Waals surface area contributed by atoms with Crippen LogP contribution in [0.25, 0.3) is 0 Å². The van der Waals surface area contributed by atoms with Crippen LogP contribution in [0, 0.1) is 5.92 Å². The second-order valence-electron chi connectivity index (χ2n) is 5.72. The van der Waals surface area contributed by atoms with Gasteiger partial charge in [-0.05, 0) is 43.6 Å². The molecule has 1 saturated heterocycles. The van der Waals surface area contributed by atoms with Gasteiger partial charge in [0.25, 0.3) is 0 Å². The SMILES string of the molecule is C=C(CC(C)C)N1CCCC1C1=CC=CCC1. The summed E-state index contributed by atoms with van der Waals surface area (Å²) in [6.45, 7) is 10.1. The fraction of sp³-hybridized carbons (Fsp3) is 0.625. The van der Waals surface area contributed by atoms with Crippen molar-refractivity contribution in [1.82, 2.24) is 4.90 Å². The van der Waals surface area contributed by atoms with Crippen LogP contribution in [0.15, 0.2) is 36.1 Å². The van der Waals surface area contributed by atoms with Crippen molar-refractivity contribution >= 4 is 0 Å². The minimum Gasteiger partial charge on any atom is -0.369 e. The van der Waals surface area contributed by atoms with Crippen molar-refractivity contribution in [3.8, 4) is 0 Å². The van der Waals surface area contributed by atoms with E-state index >= 15 is 0 Å². The van der Waals surface area contributed by atoms with Crippen molar-refractivity contribution in [1.29, 1.82) is 0 Å². The zero-order valence-electron chi connectivity index (χ0n) is 11.3. The maximum Gasteiger partial charge on any atom is 0.0502 e. The van der Waals surface area contributed by atoms with Crippen molar-refractivity contribution in [3.05, 3.63) is 36.1 Å². The highest BCUT2D eigenvalue weighted by Gasteiger charge is 2.28. The molecule has 94 valence electrons. The Morgan fingerprint density at radius 2 is 2.35 bits per heavy atom. The average Bonchev–Trinajstić information content (AvgIpc) is 2.78. The van der Waals surface area contributed by atoms with Crippen molar-refractivity contribution in [2.45, 2.75) is 52.0 Å². The van der Waals surface area contributed by atoms with Crippen LogP contribution >= 0.6 is 0 Å². The zero-order valence-corrected chi connectivity index (χ0v) is 11.3. The first-order chi connectivity index (χ1) is 8.18. The van der Waals surface area contributed by atoms with E-state index in [0.717, 1.165) is 6.42 Å². The van der Waals surface area contributed by atoms with Crippen LogP contribution in [0.5, 0.6) is 0 Å². The Morgan fingerprint density at radius 1 is 1.53 bits per heavy atom. The first-order valence-electron chi connectivity index (χ1n) is 6.98. The topological polar surface area (TPSA) is 3.24 Å². The Kier molecular flexibility index (Phi) is 4.09. The minimum absolute atomic E-state index is 0.645. The summed E-state index contributed by atoms with van der Waals surface area (Å²) in [4.78, 5) is 2.56. The number of likely N-dealkylation sites (tertiary alicyclic amines) is 1. The number of hydrogen-bond acceptors (Lipinski definition) is 1. The van der Waals surface area contributed by atoms with Gasteiger partial charge in [-0.25, -0.2) is 0 Å². The molecule has 0 saturated carbocycles. The molecule has 1 atom stereocenters. The van der Waals surface area contributed by atoms with Gasteiger partial charge >= 0.3 is 0 Å². The summed E-state index contributed by atoms with van der Waals surface area (Å²) < 4.78 is 0. The summed E-state index contributed by atoms with van der Waals surface area (Å²) in [6.07, 6.45) is 13.1. The smallest absolute Gasteiger partial charge is 0.0502 e. The van der Waals surface area contributed by atoms with Crippen LogP contribution in [-0.4, -0.2) is 17.5 Å². The number of nitrogens with zero attached hydrogens (tertiary/aromatic N) is 1. The van der Waals surface area contributed by atoms with Crippen molar-refractivity contribution in [3.63, 3.8) is 0 Å². The molecule has 0 amide bonds. The molecular weight excluding hydrogens is 206 g/mol. The normalized spacial score (nSPS) is 24.3. The summed E-state index contributed by atoms with van der Waals surface area (Å²) in [6, 6.07) is 0.645. The van der Waals surface area contributed by atoms with E-state index in [1.807, 2.05) is 0 Å². The van der Waals surface area contributed by atoms with Gasteiger partial charge in [0.15, 0.2) is 0 Å². The molecule has 2 aliphatic rings. The Bertz CT molecular complexity index is 335. The third-order valence-corrected chi connectivity index (χ3v) is 3.78. The summed E-state index contributed by atoms with van der Waals surface area (Å²) in [7, 11) is 0. The Hall–Kier alpha value is -0.980. The standard InChI is InChI=1S/C16H25N/c1-13(2)12-14(3)17-11-7-10-16(17)15-8-5-4-6-9-15/h4-5,8,13,16H,3,6-7,9-12H2,1-2H3. The Balaban J connectivity index is 2.04. The molecule has 0 aromatic rings. The largest absolute Gasteiger partial charge is 0.369 e. The van der Waals surface area contributed by atoms with E-state index in [4.69, 9.17) is 0 Å². The van der Waals surface area contributed by atoms with E-state index in [-0.39, 0.29) is 0 Å². The summed E-state index contributed by atoms with van der Waals surface area (Å²) in [5.74, 6) is 0.712. The molecule has 1 heteroatoms. The zero-order chi connectivity index (χ0) is 12.3. The van der Waals surface area contributed by atoms with Gasteiger partial charge in [-0.1, -0.05) is 38.7 Å². The molecule has 1 fully saturated rings. The maximum atomic E-state index is 4.30. The fourth-order valence-corrected chi connectivity index (χ4v) is 3.02. The Morgan fingerprint density at radius 3 is 3.00 bits per heavy atom. The quantitative estimate of drug-likeness (QED) is 0.697. The predicted molar refractivity (Wildman–Crippen MR) is 74.8 cm³/mol. The molecular formula is C16H25N. The van der Waals surface area contributed by atoms with E-state index in [1.54, 1.807) is 5.57 Å². The third-order valence-electron chi connectivity index (χ3n) is 3.78. The van der Waals surface area contributed by atoms with E-state index < -0.39 is 0 Å². The monoisotopic (exact) mass is 231 g/mol. The van der Waals surface area contributed by atoms with E-state index in [2.05, 4.69) is 43.6 Å². The highest BCUT2D eigenvalue weighted by atomic mass is 15.2. The first kappa shape index (κ1) is 12.5. The molecule has 0 aromatic heterocycles. The maximum absolute atomic E-state index is 4.30. The van der Waals surface area contributed by atoms with E-state index in [1.165, 1.54) is 37.9 Å². The van der Waals surface area contributed by atoms with Crippen molar-refractivity contribution in [2.75, 3.05) is 6.54 Å². The summed E-state index contributed by atoms with van der Waals surface area (Å²) in [5, 5.41) is 0. The van der Waals surface area contributed by atoms with Gasteiger partial charge in [0.2, 0.25) is 0 Å². The lowest BCUT2D eigenvalue weighted by molar-refractivity contribution is 0.326. The molecule has 1 nitrogen and oxygen atoms in total. The van der Waals surface area contributed by atoms with Gasteiger partial charge in [-0.3, -0.25) is 0 Å². The van der Waals surface area contributed by atoms with Crippen LogP contribution in [0.4, 0.5) is 0 Å². The van der Waals surface area contributed by atoms with Crippen molar-refractivity contribution in [2.24, 2.45) is 5.92 Å². The molecule has 0 bridgehead atoms. The lowest BCUT2D eigenvalue weighted by Crippen LogP contribution is -2.30. The molecule has 1 heterocycles. The van der Waals surface area contributed by atoms with Crippen LogP contribution in [0.2, 0.25) is 0 Å². The van der Waals surface area contributed by atoms with Crippen LogP contribution in [-0.2, 0) is 0 Å². The van der Waals surface area contributed by atoms with Crippen LogP contribution in [0.1, 0.15) is 46.0 Å². The van der Waals surface area contributed by atoms with E-state index in [0.29, 0.717) is 12.0 Å². The lowest BCUT2D eigenvalue weighted by atomic mass is 9.95.